The Bertz CT molecular complexity index is 1860. The van der Waals surface area contributed by atoms with Gasteiger partial charge in [-0.15, -0.1) is 0 Å². The molecule has 2 aliphatic rings. The van der Waals surface area contributed by atoms with E-state index < -0.39 is 6.29 Å². The van der Waals surface area contributed by atoms with E-state index in [1.54, 1.807) is 18.3 Å². The Kier molecular flexibility index (Phi) is 8.99. The summed E-state index contributed by atoms with van der Waals surface area (Å²) in [6.45, 7) is 4.60. The van der Waals surface area contributed by atoms with Crippen LogP contribution in [0.4, 0.5) is 5.69 Å². The van der Waals surface area contributed by atoms with E-state index in [2.05, 4.69) is 27.1 Å². The Morgan fingerprint density at radius 3 is 2.43 bits per heavy atom. The summed E-state index contributed by atoms with van der Waals surface area (Å²) >= 11 is 0. The van der Waals surface area contributed by atoms with Crippen LogP contribution < -0.4 is 11.0 Å². The fourth-order valence-corrected chi connectivity index (χ4v) is 6.80. The van der Waals surface area contributed by atoms with Crippen molar-refractivity contribution >= 4 is 22.6 Å². The minimum Gasteiger partial charge on any atom is -0.392 e. The number of benzene rings is 3. The van der Waals surface area contributed by atoms with Crippen LogP contribution >= 0.6 is 0 Å². The molecular weight excluding hydrogens is 594 g/mol. The van der Waals surface area contributed by atoms with Crippen molar-refractivity contribution in [3.63, 3.8) is 0 Å². The number of amides is 1. The van der Waals surface area contributed by atoms with Gasteiger partial charge >= 0.3 is 5.69 Å². The zero-order chi connectivity index (χ0) is 32.3. The molecule has 0 unspecified atom stereocenters. The first-order valence-corrected chi connectivity index (χ1v) is 16.2. The SMILES string of the molecule is C[C@@H]1[C@H](CN2CCC(n3c(=O)[nH]c4ccccc43)CC2)O[C@H](c2ccc(NC(=O)c3cccnc3)cc2)O[C@@H]1c1ccc(CO)cc1. The van der Waals surface area contributed by atoms with Gasteiger partial charge in [-0.05, 0) is 60.4 Å². The van der Waals surface area contributed by atoms with E-state index in [0.717, 1.165) is 60.2 Å². The Balaban J connectivity index is 1.07. The number of hydrogen-bond acceptors (Lipinski definition) is 7. The van der Waals surface area contributed by atoms with Crippen LogP contribution in [0.2, 0.25) is 0 Å². The molecule has 2 saturated heterocycles. The summed E-state index contributed by atoms with van der Waals surface area (Å²) < 4.78 is 15.2. The lowest BCUT2D eigenvalue weighted by atomic mass is 9.89. The first kappa shape index (κ1) is 31.0. The summed E-state index contributed by atoms with van der Waals surface area (Å²) in [5, 5.41) is 12.5. The molecule has 3 aromatic carbocycles. The summed E-state index contributed by atoms with van der Waals surface area (Å²) in [5.41, 5.74) is 5.67. The predicted molar refractivity (Wildman–Crippen MR) is 179 cm³/mol. The van der Waals surface area contributed by atoms with Crippen LogP contribution in [0.1, 0.15) is 65.2 Å². The molecule has 0 radical (unpaired) electrons. The minimum absolute atomic E-state index is 0.0139. The van der Waals surface area contributed by atoms with E-state index >= 15 is 0 Å². The minimum atomic E-state index is -0.607. The van der Waals surface area contributed by atoms with Crippen molar-refractivity contribution in [1.29, 1.82) is 0 Å². The first-order chi connectivity index (χ1) is 23.0. The first-order valence-electron chi connectivity index (χ1n) is 16.2. The molecule has 10 heteroatoms. The van der Waals surface area contributed by atoms with Crippen molar-refractivity contribution < 1.29 is 19.4 Å². The van der Waals surface area contributed by atoms with Gasteiger partial charge in [0.1, 0.15) is 0 Å². The second kappa shape index (κ2) is 13.6. The number of carbonyl (C=O) groups is 1. The van der Waals surface area contributed by atoms with Crippen molar-refractivity contribution in [3.8, 4) is 0 Å². The third-order valence-corrected chi connectivity index (χ3v) is 9.47. The average molecular weight is 634 g/mol. The number of fused-ring (bicyclic) bond motifs is 1. The number of piperidine rings is 1. The molecule has 3 N–H and O–H groups in total. The second-order valence-corrected chi connectivity index (χ2v) is 12.5. The highest BCUT2D eigenvalue weighted by molar-refractivity contribution is 6.04. The molecule has 4 heterocycles. The molecule has 2 aliphatic heterocycles. The summed E-state index contributed by atoms with van der Waals surface area (Å²) in [4.78, 5) is 34.9. The van der Waals surface area contributed by atoms with Crippen LogP contribution in [0.15, 0.2) is 102 Å². The van der Waals surface area contributed by atoms with Gasteiger partial charge in [-0.25, -0.2) is 4.79 Å². The third kappa shape index (κ3) is 6.63. The zero-order valence-corrected chi connectivity index (χ0v) is 26.3. The number of nitrogens with zero attached hydrogens (tertiary/aromatic N) is 3. The number of para-hydroxylation sites is 2. The van der Waals surface area contributed by atoms with Crippen LogP contribution in [0, 0.1) is 5.92 Å². The number of aromatic amines is 1. The second-order valence-electron chi connectivity index (χ2n) is 12.5. The van der Waals surface area contributed by atoms with Crippen LogP contribution in [-0.4, -0.2) is 56.2 Å². The lowest BCUT2D eigenvalue weighted by molar-refractivity contribution is -0.276. The third-order valence-electron chi connectivity index (χ3n) is 9.47. The molecular formula is C37H39N5O5. The number of likely N-dealkylation sites (tertiary alicyclic amines) is 1. The molecule has 4 atom stereocenters. The number of H-pyrrole nitrogens is 1. The van der Waals surface area contributed by atoms with Gasteiger partial charge in [-0.2, -0.15) is 0 Å². The molecule has 2 fully saturated rings. The molecule has 2 aromatic heterocycles. The Morgan fingerprint density at radius 1 is 0.957 bits per heavy atom. The number of nitrogens with one attached hydrogen (secondary N) is 2. The fraction of sp³-hybridized carbons (Fsp3) is 0.324. The highest BCUT2D eigenvalue weighted by atomic mass is 16.7. The maximum Gasteiger partial charge on any atom is 0.326 e. The van der Waals surface area contributed by atoms with Gasteiger partial charge in [0.05, 0.1) is 35.4 Å². The lowest BCUT2D eigenvalue weighted by Crippen LogP contribution is -2.47. The molecule has 0 saturated carbocycles. The fourth-order valence-electron chi connectivity index (χ4n) is 6.80. The Labute approximate surface area is 273 Å². The van der Waals surface area contributed by atoms with Crippen molar-refractivity contribution in [2.75, 3.05) is 25.0 Å². The van der Waals surface area contributed by atoms with E-state index in [1.165, 1.54) is 6.20 Å². The largest absolute Gasteiger partial charge is 0.392 e. The summed E-state index contributed by atoms with van der Waals surface area (Å²) in [7, 11) is 0. The van der Waals surface area contributed by atoms with Crippen molar-refractivity contribution in [2.24, 2.45) is 5.92 Å². The molecule has 47 heavy (non-hydrogen) atoms. The van der Waals surface area contributed by atoms with Gasteiger partial charge in [-0.3, -0.25) is 14.3 Å². The molecule has 1 amide bonds. The number of aromatic nitrogens is 3. The number of hydrogen-bond donors (Lipinski definition) is 3. The summed E-state index contributed by atoms with van der Waals surface area (Å²) in [5.74, 6) is -0.173. The van der Waals surface area contributed by atoms with Crippen LogP contribution in [-0.2, 0) is 16.1 Å². The quantitative estimate of drug-likeness (QED) is 0.204. The molecule has 5 aromatic rings. The highest BCUT2D eigenvalue weighted by Gasteiger charge is 2.39. The van der Waals surface area contributed by atoms with Crippen LogP contribution in [0.5, 0.6) is 0 Å². The van der Waals surface area contributed by atoms with Gasteiger partial charge in [0.2, 0.25) is 0 Å². The Morgan fingerprint density at radius 2 is 1.70 bits per heavy atom. The smallest absolute Gasteiger partial charge is 0.326 e. The monoisotopic (exact) mass is 633 g/mol. The number of aliphatic hydroxyl groups is 1. The normalized spacial score (nSPS) is 22.3. The number of imidazole rings is 1. The van der Waals surface area contributed by atoms with E-state index in [1.807, 2.05) is 77.4 Å². The summed E-state index contributed by atoms with van der Waals surface area (Å²) in [6, 6.07) is 26.9. The zero-order valence-electron chi connectivity index (χ0n) is 26.3. The number of rotatable bonds is 8. The van der Waals surface area contributed by atoms with Gasteiger partial charge in [0.25, 0.3) is 5.91 Å². The van der Waals surface area contributed by atoms with Crippen molar-refractivity contribution in [2.45, 2.75) is 50.9 Å². The summed E-state index contributed by atoms with van der Waals surface area (Å²) in [6.07, 6.45) is 3.97. The maximum atomic E-state index is 12.8. The lowest BCUT2D eigenvalue weighted by Gasteiger charge is -2.44. The molecule has 7 rings (SSSR count). The van der Waals surface area contributed by atoms with Crippen molar-refractivity contribution in [3.05, 3.63) is 130 Å². The number of anilines is 1. The molecule has 0 spiro atoms. The maximum absolute atomic E-state index is 12.8. The molecule has 0 bridgehead atoms. The van der Waals surface area contributed by atoms with E-state index in [4.69, 9.17) is 9.47 Å². The van der Waals surface area contributed by atoms with Gasteiger partial charge < -0.3 is 29.8 Å². The van der Waals surface area contributed by atoms with Crippen molar-refractivity contribution in [1.82, 2.24) is 19.4 Å². The highest BCUT2D eigenvalue weighted by Crippen LogP contribution is 2.42. The van der Waals surface area contributed by atoms with Crippen LogP contribution in [0.3, 0.4) is 0 Å². The van der Waals surface area contributed by atoms with E-state index in [9.17, 15) is 14.7 Å². The molecule has 242 valence electrons. The van der Waals surface area contributed by atoms with Gasteiger partial charge in [0, 0.05) is 55.2 Å². The number of carbonyl (C=O) groups excluding carboxylic acids is 1. The van der Waals surface area contributed by atoms with Crippen LogP contribution in [0.25, 0.3) is 11.0 Å². The number of aliphatic hydroxyl groups excluding tert-OH is 1. The van der Waals surface area contributed by atoms with E-state index in [0.29, 0.717) is 11.3 Å². The standard InChI is InChI=1S/C37H39N5O5/c1-24-33(22-41-19-16-30(17-20-41)42-32-7-3-2-6-31(32)40-37(42)45)46-36(47-34(24)26-10-8-25(23-43)9-11-26)27-12-14-29(15-13-27)39-35(44)28-5-4-18-38-21-28/h2-15,18,21,24,30,33-34,36,43H,16-17,19-20,22-23H2,1H3,(H,39,44)(H,40,45)/t24-,33+,34+,36+/m1/s1. The van der Waals surface area contributed by atoms with Gasteiger partial charge in [0.15, 0.2) is 6.29 Å². The average Bonchev–Trinajstić information content (AvgIpc) is 3.46. The number of ether oxygens (including phenoxy) is 2. The Hall–Kier alpha value is -4.61. The molecule has 0 aliphatic carbocycles. The number of pyridine rings is 1. The molecule has 10 nitrogen and oxygen atoms in total. The topological polar surface area (TPSA) is 122 Å². The van der Waals surface area contributed by atoms with Gasteiger partial charge in [-0.1, -0.05) is 55.5 Å². The van der Waals surface area contributed by atoms with E-state index in [-0.39, 0.29) is 42.4 Å². The predicted octanol–water partition coefficient (Wildman–Crippen LogP) is 5.60.